The Bertz CT molecular complexity index is 792. The van der Waals surface area contributed by atoms with Crippen LogP contribution in [0.1, 0.15) is 11.5 Å². The number of halogens is 2. The van der Waals surface area contributed by atoms with Crippen LogP contribution in [0.15, 0.2) is 47.2 Å². The summed E-state index contributed by atoms with van der Waals surface area (Å²) in [5.74, 6) is -0.298. The van der Waals surface area contributed by atoms with E-state index in [1.165, 1.54) is 12.1 Å². The molecule has 3 rings (SSSR count). The number of benzene rings is 1. The molecule has 0 amide bonds. The first-order valence-electron chi connectivity index (χ1n) is 6.97. The summed E-state index contributed by atoms with van der Waals surface area (Å²) < 4.78 is 31.7. The summed E-state index contributed by atoms with van der Waals surface area (Å²) >= 11 is 0. The Kier molecular flexibility index (Phi) is 4.38. The van der Waals surface area contributed by atoms with E-state index in [4.69, 9.17) is 4.52 Å². The molecule has 5 nitrogen and oxygen atoms in total. The Hall–Kier alpha value is -2.67. The molecule has 0 aliphatic heterocycles. The molecule has 0 radical (unpaired) electrons. The highest BCUT2D eigenvalue weighted by Crippen LogP contribution is 2.16. The van der Waals surface area contributed by atoms with Crippen LogP contribution in [0, 0.1) is 11.6 Å². The quantitative estimate of drug-likeness (QED) is 0.724. The standard InChI is InChI=1S/C16H14F2N4O/c1-22(9-12-4-5-13(17)7-14(12)18)10-15-20-16(21-23-15)11-3-2-6-19-8-11/h2-8H,9-10H2,1H3. The van der Waals surface area contributed by atoms with Crippen LogP contribution in [0.5, 0.6) is 0 Å². The van der Waals surface area contributed by atoms with Crippen molar-refractivity contribution in [1.82, 2.24) is 20.0 Å². The first-order chi connectivity index (χ1) is 11.1. The van der Waals surface area contributed by atoms with Crippen molar-refractivity contribution in [2.24, 2.45) is 0 Å². The van der Waals surface area contributed by atoms with Gasteiger partial charge in [0.1, 0.15) is 11.6 Å². The molecule has 0 saturated heterocycles. The molecule has 7 heteroatoms. The van der Waals surface area contributed by atoms with Crippen LogP contribution in [0.3, 0.4) is 0 Å². The van der Waals surface area contributed by atoms with Crippen molar-refractivity contribution in [3.05, 3.63) is 65.8 Å². The molecule has 0 spiro atoms. The van der Waals surface area contributed by atoms with Gasteiger partial charge in [-0.3, -0.25) is 9.88 Å². The van der Waals surface area contributed by atoms with Crippen LogP contribution >= 0.6 is 0 Å². The van der Waals surface area contributed by atoms with Gasteiger partial charge in [-0.1, -0.05) is 11.2 Å². The molecular weight excluding hydrogens is 302 g/mol. The first-order valence-corrected chi connectivity index (χ1v) is 6.97. The molecule has 118 valence electrons. The highest BCUT2D eigenvalue weighted by atomic mass is 19.1. The molecule has 2 heterocycles. The zero-order valence-corrected chi connectivity index (χ0v) is 12.4. The van der Waals surface area contributed by atoms with E-state index in [1.807, 2.05) is 6.07 Å². The minimum Gasteiger partial charge on any atom is -0.338 e. The van der Waals surface area contributed by atoms with E-state index in [-0.39, 0.29) is 0 Å². The molecule has 0 N–H and O–H groups in total. The summed E-state index contributed by atoms with van der Waals surface area (Å²) in [4.78, 5) is 10.1. The van der Waals surface area contributed by atoms with Crippen molar-refractivity contribution in [2.75, 3.05) is 7.05 Å². The smallest absolute Gasteiger partial charge is 0.241 e. The molecule has 0 saturated carbocycles. The van der Waals surface area contributed by atoms with Crippen LogP contribution < -0.4 is 0 Å². The zero-order chi connectivity index (χ0) is 16.2. The van der Waals surface area contributed by atoms with Gasteiger partial charge in [0.2, 0.25) is 11.7 Å². The minimum atomic E-state index is -0.591. The second-order valence-corrected chi connectivity index (χ2v) is 5.16. The van der Waals surface area contributed by atoms with Crippen molar-refractivity contribution in [3.8, 4) is 11.4 Å². The Balaban J connectivity index is 1.66. The normalized spacial score (nSPS) is 11.1. The second kappa shape index (κ2) is 6.62. The monoisotopic (exact) mass is 316 g/mol. The van der Waals surface area contributed by atoms with Crippen molar-refractivity contribution in [2.45, 2.75) is 13.1 Å². The molecular formula is C16H14F2N4O. The van der Waals surface area contributed by atoms with Gasteiger partial charge < -0.3 is 4.52 Å². The summed E-state index contributed by atoms with van der Waals surface area (Å²) in [6.45, 7) is 0.654. The topological polar surface area (TPSA) is 55.1 Å². The van der Waals surface area contributed by atoms with Gasteiger partial charge in [-0.25, -0.2) is 8.78 Å². The lowest BCUT2D eigenvalue weighted by Crippen LogP contribution is -2.18. The zero-order valence-electron chi connectivity index (χ0n) is 12.4. The molecule has 0 aliphatic carbocycles. The lowest BCUT2D eigenvalue weighted by atomic mass is 10.2. The van der Waals surface area contributed by atoms with Gasteiger partial charge in [0.15, 0.2) is 0 Å². The minimum absolute atomic E-state index is 0.302. The van der Waals surface area contributed by atoms with E-state index in [2.05, 4.69) is 15.1 Å². The summed E-state index contributed by atoms with van der Waals surface area (Å²) in [6.07, 6.45) is 3.31. The van der Waals surface area contributed by atoms with E-state index >= 15 is 0 Å². The molecule has 0 bridgehead atoms. The lowest BCUT2D eigenvalue weighted by Gasteiger charge is -2.14. The van der Waals surface area contributed by atoms with Crippen LogP contribution in [0.25, 0.3) is 11.4 Å². The number of hydrogen-bond donors (Lipinski definition) is 0. The molecule has 2 aromatic heterocycles. The molecule has 1 aromatic carbocycles. The van der Waals surface area contributed by atoms with Crippen molar-refractivity contribution in [1.29, 1.82) is 0 Å². The van der Waals surface area contributed by atoms with Gasteiger partial charge in [0, 0.05) is 36.1 Å². The van der Waals surface area contributed by atoms with Gasteiger partial charge in [-0.05, 0) is 25.2 Å². The van der Waals surface area contributed by atoms with Crippen LogP contribution in [-0.2, 0) is 13.1 Å². The van der Waals surface area contributed by atoms with E-state index < -0.39 is 11.6 Å². The molecule has 0 aliphatic rings. The number of nitrogens with zero attached hydrogens (tertiary/aromatic N) is 4. The highest BCUT2D eigenvalue weighted by molar-refractivity contribution is 5.51. The maximum absolute atomic E-state index is 13.7. The highest BCUT2D eigenvalue weighted by Gasteiger charge is 2.12. The molecule has 3 aromatic rings. The lowest BCUT2D eigenvalue weighted by molar-refractivity contribution is 0.258. The first kappa shape index (κ1) is 15.2. The molecule has 0 fully saturated rings. The fourth-order valence-electron chi connectivity index (χ4n) is 2.16. The Morgan fingerprint density at radius 1 is 1.17 bits per heavy atom. The average Bonchev–Trinajstić information content (AvgIpc) is 2.99. The van der Waals surface area contributed by atoms with Crippen LogP contribution in [0.4, 0.5) is 8.78 Å². The SMILES string of the molecule is CN(Cc1nc(-c2cccnc2)no1)Cc1ccc(F)cc1F. The van der Waals surface area contributed by atoms with Gasteiger partial charge in [-0.2, -0.15) is 4.98 Å². The fraction of sp³-hybridized carbons (Fsp3) is 0.188. The molecule has 0 atom stereocenters. The van der Waals surface area contributed by atoms with Gasteiger partial charge in [0.05, 0.1) is 6.54 Å². The van der Waals surface area contributed by atoms with E-state index in [1.54, 1.807) is 30.4 Å². The maximum Gasteiger partial charge on any atom is 0.241 e. The van der Waals surface area contributed by atoms with Gasteiger partial charge in [0.25, 0.3) is 0 Å². The van der Waals surface area contributed by atoms with Crippen molar-refractivity contribution in [3.63, 3.8) is 0 Å². The number of rotatable bonds is 5. The van der Waals surface area contributed by atoms with Gasteiger partial charge >= 0.3 is 0 Å². The number of aromatic nitrogens is 3. The molecule has 23 heavy (non-hydrogen) atoms. The predicted molar refractivity (Wildman–Crippen MR) is 79.1 cm³/mol. The summed E-state index contributed by atoms with van der Waals surface area (Å²) in [7, 11) is 1.79. The third-order valence-corrected chi connectivity index (χ3v) is 3.25. The summed E-state index contributed by atoms with van der Waals surface area (Å²) in [5, 5.41) is 3.90. The fourth-order valence-corrected chi connectivity index (χ4v) is 2.16. The van der Waals surface area contributed by atoms with E-state index in [0.29, 0.717) is 30.4 Å². The van der Waals surface area contributed by atoms with Crippen LogP contribution in [-0.4, -0.2) is 27.1 Å². The summed E-state index contributed by atoms with van der Waals surface area (Å²) in [5.41, 5.74) is 1.16. The third kappa shape index (κ3) is 3.75. The Morgan fingerprint density at radius 3 is 2.78 bits per heavy atom. The number of pyridine rings is 1. The van der Waals surface area contributed by atoms with Gasteiger partial charge in [-0.15, -0.1) is 0 Å². The largest absolute Gasteiger partial charge is 0.338 e. The average molecular weight is 316 g/mol. The maximum atomic E-state index is 13.7. The van der Waals surface area contributed by atoms with Crippen LogP contribution in [0.2, 0.25) is 0 Å². The number of hydrogen-bond acceptors (Lipinski definition) is 5. The van der Waals surface area contributed by atoms with Crippen molar-refractivity contribution < 1.29 is 13.3 Å². The third-order valence-electron chi connectivity index (χ3n) is 3.25. The summed E-state index contributed by atoms with van der Waals surface area (Å²) in [6, 6.07) is 7.15. The second-order valence-electron chi connectivity index (χ2n) is 5.16. The van der Waals surface area contributed by atoms with E-state index in [9.17, 15) is 8.78 Å². The molecule has 0 unspecified atom stereocenters. The van der Waals surface area contributed by atoms with E-state index in [0.717, 1.165) is 11.6 Å². The Morgan fingerprint density at radius 2 is 2.04 bits per heavy atom. The Labute approximate surface area is 131 Å². The predicted octanol–water partition coefficient (Wildman–Crippen LogP) is 3.04. The van der Waals surface area contributed by atoms with Crippen molar-refractivity contribution >= 4 is 0 Å².